The summed E-state index contributed by atoms with van der Waals surface area (Å²) in [6.45, 7) is 0.361. The van der Waals surface area contributed by atoms with E-state index in [2.05, 4.69) is 10.1 Å². The Bertz CT molecular complexity index is 260. The second kappa shape index (κ2) is 2.94. The van der Waals surface area contributed by atoms with E-state index in [1.807, 2.05) is 0 Å². The van der Waals surface area contributed by atoms with Crippen molar-refractivity contribution >= 4 is 6.08 Å². The van der Waals surface area contributed by atoms with Crippen molar-refractivity contribution in [3.8, 4) is 0 Å². The summed E-state index contributed by atoms with van der Waals surface area (Å²) in [5, 5.41) is 3.90. The third-order valence-corrected chi connectivity index (χ3v) is 1.23. The first kappa shape index (κ1) is 6.71. The Hall–Kier alpha value is -1.41. The first-order valence-electron chi connectivity index (χ1n) is 2.85. The van der Waals surface area contributed by atoms with Gasteiger partial charge < -0.3 is 0 Å². The van der Waals surface area contributed by atoms with Crippen molar-refractivity contribution < 1.29 is 4.79 Å². The van der Waals surface area contributed by atoms with Crippen LogP contribution in [0.5, 0.6) is 0 Å². The predicted molar refractivity (Wildman–Crippen MR) is 35.0 cm³/mol. The summed E-state index contributed by atoms with van der Waals surface area (Å²) in [7, 11) is 1.80. The smallest absolute Gasteiger partial charge is 0.235 e. The Balaban J connectivity index is 2.74. The minimum Gasteiger partial charge on any atom is -0.271 e. The Morgan fingerprint density at radius 1 is 1.90 bits per heavy atom. The Morgan fingerprint density at radius 3 is 3.20 bits per heavy atom. The highest BCUT2D eigenvalue weighted by Gasteiger charge is 1.93. The molecule has 52 valence electrons. The monoisotopic (exact) mass is 137 g/mol. The molecular weight excluding hydrogens is 130 g/mol. The van der Waals surface area contributed by atoms with Crippen LogP contribution >= 0.6 is 0 Å². The number of aliphatic imine (C=N–C) groups is 1. The normalized spacial score (nSPS) is 8.90. The lowest BCUT2D eigenvalue weighted by atomic mass is 10.4. The molecule has 4 nitrogen and oxygen atoms in total. The van der Waals surface area contributed by atoms with Crippen molar-refractivity contribution in [2.45, 2.75) is 6.54 Å². The van der Waals surface area contributed by atoms with E-state index in [1.165, 1.54) is 6.08 Å². The molecule has 0 bridgehead atoms. The van der Waals surface area contributed by atoms with Crippen LogP contribution in [0.1, 0.15) is 5.69 Å². The van der Waals surface area contributed by atoms with E-state index >= 15 is 0 Å². The number of carbonyl (C=O) groups excluding carboxylic acids is 1. The van der Waals surface area contributed by atoms with E-state index < -0.39 is 0 Å². The molecule has 0 spiro atoms. The minimum absolute atomic E-state index is 0.361. The molecule has 0 unspecified atom stereocenters. The zero-order valence-electron chi connectivity index (χ0n) is 5.61. The summed E-state index contributed by atoms with van der Waals surface area (Å²) in [6.07, 6.45) is 3.13. The van der Waals surface area contributed by atoms with E-state index in [4.69, 9.17) is 0 Å². The molecule has 0 atom stereocenters. The van der Waals surface area contributed by atoms with Crippen LogP contribution in [0.25, 0.3) is 0 Å². The lowest BCUT2D eigenvalue weighted by Crippen LogP contribution is -1.95. The SMILES string of the molecule is Cn1nccc1CN=C=O. The number of aryl methyl sites for hydroxylation is 1. The summed E-state index contributed by atoms with van der Waals surface area (Å²) in [5.74, 6) is 0. The summed E-state index contributed by atoms with van der Waals surface area (Å²) in [4.78, 5) is 13.1. The first-order chi connectivity index (χ1) is 4.84. The number of isocyanates is 1. The molecule has 0 aliphatic carbocycles. The summed E-state index contributed by atoms with van der Waals surface area (Å²) in [6, 6.07) is 1.81. The van der Waals surface area contributed by atoms with E-state index in [-0.39, 0.29) is 0 Å². The molecule has 0 aromatic carbocycles. The van der Waals surface area contributed by atoms with Crippen molar-refractivity contribution in [1.29, 1.82) is 0 Å². The molecule has 10 heavy (non-hydrogen) atoms. The molecule has 1 rings (SSSR count). The van der Waals surface area contributed by atoms with Gasteiger partial charge in [0.1, 0.15) is 0 Å². The number of hydrogen-bond donors (Lipinski definition) is 0. The lowest BCUT2D eigenvalue weighted by Gasteiger charge is -1.92. The zero-order chi connectivity index (χ0) is 7.40. The van der Waals surface area contributed by atoms with Crippen LogP contribution in [-0.2, 0) is 18.4 Å². The highest BCUT2D eigenvalue weighted by atomic mass is 16.1. The van der Waals surface area contributed by atoms with Gasteiger partial charge in [-0.2, -0.15) is 10.1 Å². The maximum atomic E-state index is 9.69. The number of hydrogen-bond acceptors (Lipinski definition) is 3. The minimum atomic E-state index is 0.361. The van der Waals surface area contributed by atoms with Gasteiger partial charge in [-0.3, -0.25) is 4.68 Å². The van der Waals surface area contributed by atoms with Crippen molar-refractivity contribution in [1.82, 2.24) is 9.78 Å². The summed E-state index contributed by atoms with van der Waals surface area (Å²) < 4.78 is 1.67. The molecule has 0 saturated carbocycles. The molecule has 0 amide bonds. The van der Waals surface area contributed by atoms with Crippen LogP contribution in [-0.4, -0.2) is 15.9 Å². The van der Waals surface area contributed by atoms with E-state index in [0.717, 1.165) is 5.69 Å². The highest BCUT2D eigenvalue weighted by molar-refractivity contribution is 5.33. The Morgan fingerprint density at radius 2 is 2.70 bits per heavy atom. The molecule has 1 aromatic heterocycles. The fraction of sp³-hybridized carbons (Fsp3) is 0.333. The molecule has 0 radical (unpaired) electrons. The molecule has 0 N–H and O–H groups in total. The van der Waals surface area contributed by atoms with Gasteiger partial charge in [0.25, 0.3) is 0 Å². The number of rotatable bonds is 2. The largest absolute Gasteiger partial charge is 0.271 e. The van der Waals surface area contributed by atoms with Gasteiger partial charge in [-0.1, -0.05) is 0 Å². The fourth-order valence-electron chi connectivity index (χ4n) is 0.670. The van der Waals surface area contributed by atoms with Crippen LogP contribution in [0.15, 0.2) is 17.3 Å². The highest BCUT2D eigenvalue weighted by Crippen LogP contribution is 1.96. The predicted octanol–water partition coefficient (Wildman–Crippen LogP) is 0.256. The van der Waals surface area contributed by atoms with Crippen molar-refractivity contribution in [2.24, 2.45) is 12.0 Å². The number of nitrogens with zero attached hydrogens (tertiary/aromatic N) is 3. The third-order valence-electron chi connectivity index (χ3n) is 1.23. The van der Waals surface area contributed by atoms with Gasteiger partial charge in [0.2, 0.25) is 6.08 Å². The topological polar surface area (TPSA) is 47.2 Å². The van der Waals surface area contributed by atoms with Gasteiger partial charge >= 0.3 is 0 Å². The van der Waals surface area contributed by atoms with Gasteiger partial charge in [0.15, 0.2) is 0 Å². The Kier molecular flexibility index (Phi) is 1.97. The van der Waals surface area contributed by atoms with Crippen LogP contribution < -0.4 is 0 Å². The summed E-state index contributed by atoms with van der Waals surface area (Å²) >= 11 is 0. The van der Waals surface area contributed by atoms with Crippen molar-refractivity contribution in [3.63, 3.8) is 0 Å². The average Bonchev–Trinajstić information content (AvgIpc) is 2.31. The summed E-state index contributed by atoms with van der Waals surface area (Å²) in [5.41, 5.74) is 0.906. The van der Waals surface area contributed by atoms with Crippen LogP contribution in [0.2, 0.25) is 0 Å². The number of aromatic nitrogens is 2. The zero-order valence-corrected chi connectivity index (χ0v) is 5.61. The maximum Gasteiger partial charge on any atom is 0.235 e. The fourth-order valence-corrected chi connectivity index (χ4v) is 0.670. The van der Waals surface area contributed by atoms with E-state index in [9.17, 15) is 4.79 Å². The second-order valence-corrected chi connectivity index (χ2v) is 1.85. The van der Waals surface area contributed by atoms with Gasteiger partial charge in [-0.05, 0) is 6.07 Å². The second-order valence-electron chi connectivity index (χ2n) is 1.85. The van der Waals surface area contributed by atoms with Crippen LogP contribution in [0.4, 0.5) is 0 Å². The standard InChI is InChI=1S/C6H7N3O/c1-9-6(2-3-8-9)4-7-5-10/h2-3H,4H2,1H3. The average molecular weight is 137 g/mol. The molecule has 1 aromatic rings. The van der Waals surface area contributed by atoms with Gasteiger partial charge in [-0.25, -0.2) is 4.79 Å². The molecular formula is C6H7N3O. The van der Waals surface area contributed by atoms with Crippen LogP contribution in [0.3, 0.4) is 0 Å². The van der Waals surface area contributed by atoms with E-state index in [1.54, 1.807) is 24.0 Å². The van der Waals surface area contributed by atoms with Crippen molar-refractivity contribution in [3.05, 3.63) is 18.0 Å². The van der Waals surface area contributed by atoms with Gasteiger partial charge in [0.05, 0.1) is 12.2 Å². The van der Waals surface area contributed by atoms with Crippen LogP contribution in [0, 0.1) is 0 Å². The molecule has 4 heteroatoms. The maximum absolute atomic E-state index is 9.69. The quantitative estimate of drug-likeness (QED) is 0.433. The molecule has 0 aliphatic rings. The molecule has 0 fully saturated rings. The lowest BCUT2D eigenvalue weighted by molar-refractivity contribution is 0.562. The van der Waals surface area contributed by atoms with Gasteiger partial charge in [0, 0.05) is 13.2 Å². The van der Waals surface area contributed by atoms with Gasteiger partial charge in [-0.15, -0.1) is 0 Å². The van der Waals surface area contributed by atoms with E-state index in [0.29, 0.717) is 6.54 Å². The Labute approximate surface area is 58.2 Å². The molecule has 1 heterocycles. The first-order valence-corrected chi connectivity index (χ1v) is 2.85. The molecule has 0 saturated heterocycles. The van der Waals surface area contributed by atoms with Crippen molar-refractivity contribution in [2.75, 3.05) is 0 Å². The third kappa shape index (κ3) is 1.30. The molecule has 0 aliphatic heterocycles.